The van der Waals surface area contributed by atoms with Crippen molar-refractivity contribution >= 4 is 0 Å². The average molecular weight is 228 g/mol. The molecule has 0 saturated carbocycles. The van der Waals surface area contributed by atoms with E-state index in [9.17, 15) is 5.11 Å². The van der Waals surface area contributed by atoms with E-state index in [2.05, 4.69) is 0 Å². The highest BCUT2D eigenvalue weighted by atomic mass is 16.5. The Morgan fingerprint density at radius 2 is 1.71 bits per heavy atom. The van der Waals surface area contributed by atoms with Gasteiger partial charge in [-0.15, -0.1) is 0 Å². The van der Waals surface area contributed by atoms with E-state index in [-0.39, 0.29) is 12.5 Å². The molecule has 2 aromatic carbocycles. The van der Waals surface area contributed by atoms with Crippen molar-refractivity contribution in [3.63, 3.8) is 0 Å². The van der Waals surface area contributed by atoms with E-state index >= 15 is 0 Å². The second-order valence-electron chi connectivity index (χ2n) is 3.92. The molecular formula is C15H16O2. The Morgan fingerprint density at radius 1 is 1.00 bits per heavy atom. The molecule has 0 aliphatic heterocycles. The zero-order valence-corrected chi connectivity index (χ0v) is 9.84. The van der Waals surface area contributed by atoms with Gasteiger partial charge in [0, 0.05) is 5.92 Å². The lowest BCUT2D eigenvalue weighted by Crippen LogP contribution is -2.05. The summed E-state index contributed by atoms with van der Waals surface area (Å²) in [6, 6.07) is 17.8. The maximum absolute atomic E-state index is 9.56. The minimum Gasteiger partial charge on any atom is -0.497 e. The van der Waals surface area contributed by atoms with Crippen LogP contribution in [-0.2, 0) is 0 Å². The molecule has 0 bridgehead atoms. The molecule has 0 aliphatic rings. The van der Waals surface area contributed by atoms with Gasteiger partial charge in [-0.3, -0.25) is 0 Å². The van der Waals surface area contributed by atoms with Crippen LogP contribution < -0.4 is 4.74 Å². The van der Waals surface area contributed by atoms with E-state index in [0.29, 0.717) is 0 Å². The number of hydrogen-bond donors (Lipinski definition) is 1. The van der Waals surface area contributed by atoms with Crippen LogP contribution in [0.3, 0.4) is 0 Å². The number of aliphatic hydroxyl groups is 1. The van der Waals surface area contributed by atoms with Crippen LogP contribution in [-0.4, -0.2) is 18.8 Å². The fourth-order valence-electron chi connectivity index (χ4n) is 1.95. The van der Waals surface area contributed by atoms with E-state index in [0.717, 1.165) is 16.9 Å². The highest BCUT2D eigenvalue weighted by Crippen LogP contribution is 2.26. The van der Waals surface area contributed by atoms with Crippen LogP contribution in [0.1, 0.15) is 17.0 Å². The first-order chi connectivity index (χ1) is 8.35. The third kappa shape index (κ3) is 2.66. The molecule has 2 rings (SSSR count). The molecule has 0 aromatic heterocycles. The molecular weight excluding hydrogens is 212 g/mol. The summed E-state index contributed by atoms with van der Waals surface area (Å²) in [6.45, 7) is 0.0944. The summed E-state index contributed by atoms with van der Waals surface area (Å²) in [7, 11) is 1.65. The summed E-state index contributed by atoms with van der Waals surface area (Å²) in [4.78, 5) is 0. The molecule has 0 saturated heterocycles. The maximum atomic E-state index is 9.56. The molecule has 2 nitrogen and oxygen atoms in total. The number of hydrogen-bond acceptors (Lipinski definition) is 2. The monoisotopic (exact) mass is 228 g/mol. The van der Waals surface area contributed by atoms with E-state index in [4.69, 9.17) is 4.74 Å². The van der Waals surface area contributed by atoms with Gasteiger partial charge in [-0.2, -0.15) is 0 Å². The fourth-order valence-corrected chi connectivity index (χ4v) is 1.95. The number of methoxy groups -OCH3 is 1. The smallest absolute Gasteiger partial charge is 0.119 e. The summed E-state index contributed by atoms with van der Waals surface area (Å²) >= 11 is 0. The van der Waals surface area contributed by atoms with E-state index in [1.165, 1.54) is 0 Å². The van der Waals surface area contributed by atoms with Crippen LogP contribution >= 0.6 is 0 Å². The topological polar surface area (TPSA) is 29.5 Å². The van der Waals surface area contributed by atoms with Crippen LogP contribution in [0.5, 0.6) is 5.75 Å². The molecule has 88 valence electrons. The first kappa shape index (κ1) is 11.7. The van der Waals surface area contributed by atoms with Gasteiger partial charge in [-0.25, -0.2) is 0 Å². The number of benzene rings is 2. The van der Waals surface area contributed by atoms with Gasteiger partial charge in [0.25, 0.3) is 0 Å². The van der Waals surface area contributed by atoms with Crippen molar-refractivity contribution < 1.29 is 9.84 Å². The van der Waals surface area contributed by atoms with Gasteiger partial charge in [-0.05, 0) is 23.3 Å². The van der Waals surface area contributed by atoms with Gasteiger partial charge in [-0.1, -0.05) is 42.5 Å². The fraction of sp³-hybridized carbons (Fsp3) is 0.200. The molecule has 1 N–H and O–H groups in total. The molecule has 0 spiro atoms. The summed E-state index contributed by atoms with van der Waals surface area (Å²) in [6.07, 6.45) is 0. The van der Waals surface area contributed by atoms with Crippen LogP contribution in [0.15, 0.2) is 54.6 Å². The number of aliphatic hydroxyl groups excluding tert-OH is 1. The Labute approximate surface area is 101 Å². The molecule has 0 aliphatic carbocycles. The van der Waals surface area contributed by atoms with Crippen LogP contribution in [0.2, 0.25) is 0 Å². The second-order valence-corrected chi connectivity index (χ2v) is 3.92. The van der Waals surface area contributed by atoms with Crippen molar-refractivity contribution in [3.05, 3.63) is 65.7 Å². The molecule has 2 heteroatoms. The molecule has 0 heterocycles. The molecule has 2 aromatic rings. The molecule has 1 atom stereocenters. The SMILES string of the molecule is COc1cccc(C(CO)c2ccccc2)c1. The Hall–Kier alpha value is -1.80. The zero-order chi connectivity index (χ0) is 12.1. The lowest BCUT2D eigenvalue weighted by atomic mass is 9.92. The molecule has 0 fully saturated rings. The number of rotatable bonds is 4. The first-order valence-corrected chi connectivity index (χ1v) is 5.65. The Kier molecular flexibility index (Phi) is 3.78. The standard InChI is InChI=1S/C15H16O2/c1-17-14-9-5-8-13(10-14)15(11-16)12-6-3-2-4-7-12/h2-10,15-16H,11H2,1H3. The molecule has 1 unspecified atom stereocenters. The summed E-state index contributed by atoms with van der Waals surface area (Å²) in [5, 5.41) is 9.56. The van der Waals surface area contributed by atoms with E-state index in [1.807, 2.05) is 54.6 Å². The highest BCUT2D eigenvalue weighted by Gasteiger charge is 2.13. The predicted octanol–water partition coefficient (Wildman–Crippen LogP) is 2.82. The van der Waals surface area contributed by atoms with Crippen molar-refractivity contribution in [2.75, 3.05) is 13.7 Å². The van der Waals surface area contributed by atoms with E-state index < -0.39 is 0 Å². The molecule has 0 radical (unpaired) electrons. The summed E-state index contributed by atoms with van der Waals surface area (Å²) in [5.74, 6) is 0.822. The van der Waals surface area contributed by atoms with Crippen molar-refractivity contribution in [2.45, 2.75) is 5.92 Å². The van der Waals surface area contributed by atoms with Crippen molar-refractivity contribution in [1.82, 2.24) is 0 Å². The summed E-state index contributed by atoms with van der Waals surface area (Å²) < 4.78 is 5.20. The third-order valence-corrected chi connectivity index (χ3v) is 2.88. The Morgan fingerprint density at radius 3 is 2.35 bits per heavy atom. The van der Waals surface area contributed by atoms with Gasteiger partial charge in [0.05, 0.1) is 13.7 Å². The second kappa shape index (κ2) is 5.51. The normalized spacial score (nSPS) is 12.1. The summed E-state index contributed by atoms with van der Waals surface area (Å²) in [5.41, 5.74) is 2.18. The maximum Gasteiger partial charge on any atom is 0.119 e. The minimum absolute atomic E-state index is 0.00583. The van der Waals surface area contributed by atoms with E-state index in [1.54, 1.807) is 7.11 Å². The third-order valence-electron chi connectivity index (χ3n) is 2.88. The molecule has 0 amide bonds. The van der Waals surface area contributed by atoms with Gasteiger partial charge < -0.3 is 9.84 Å². The minimum atomic E-state index is 0.00583. The molecule has 17 heavy (non-hydrogen) atoms. The quantitative estimate of drug-likeness (QED) is 0.872. The van der Waals surface area contributed by atoms with Crippen molar-refractivity contribution in [3.8, 4) is 5.75 Å². The van der Waals surface area contributed by atoms with Crippen LogP contribution in [0.4, 0.5) is 0 Å². The Balaban J connectivity index is 2.35. The van der Waals surface area contributed by atoms with Gasteiger partial charge >= 0.3 is 0 Å². The lowest BCUT2D eigenvalue weighted by molar-refractivity contribution is 0.280. The predicted molar refractivity (Wildman–Crippen MR) is 68.4 cm³/mol. The highest BCUT2D eigenvalue weighted by molar-refractivity contribution is 5.37. The van der Waals surface area contributed by atoms with Crippen LogP contribution in [0, 0.1) is 0 Å². The van der Waals surface area contributed by atoms with Gasteiger partial charge in [0.1, 0.15) is 5.75 Å². The van der Waals surface area contributed by atoms with Gasteiger partial charge in [0.15, 0.2) is 0 Å². The Bertz CT molecular complexity index is 465. The lowest BCUT2D eigenvalue weighted by Gasteiger charge is -2.15. The van der Waals surface area contributed by atoms with Crippen LogP contribution in [0.25, 0.3) is 0 Å². The first-order valence-electron chi connectivity index (χ1n) is 5.65. The zero-order valence-electron chi connectivity index (χ0n) is 9.84. The number of ether oxygens (including phenoxy) is 1. The van der Waals surface area contributed by atoms with Gasteiger partial charge in [0.2, 0.25) is 0 Å². The van der Waals surface area contributed by atoms with Crippen molar-refractivity contribution in [1.29, 1.82) is 0 Å². The largest absolute Gasteiger partial charge is 0.497 e. The van der Waals surface area contributed by atoms with Crippen molar-refractivity contribution in [2.24, 2.45) is 0 Å². The average Bonchev–Trinajstić information content (AvgIpc) is 2.41.